The minimum absolute atomic E-state index is 0.162. The average Bonchev–Trinajstić information content (AvgIpc) is 2.80. The van der Waals surface area contributed by atoms with Crippen LogP contribution in [-0.4, -0.2) is 52.4 Å². The molecule has 1 aromatic heterocycles. The van der Waals surface area contributed by atoms with Crippen molar-refractivity contribution in [2.24, 2.45) is 7.05 Å². The van der Waals surface area contributed by atoms with Gasteiger partial charge in [-0.25, -0.2) is 0 Å². The Labute approximate surface area is 181 Å². The van der Waals surface area contributed by atoms with Gasteiger partial charge in [-0.2, -0.15) is 13.2 Å². The molecule has 0 atom stereocenters. The maximum absolute atomic E-state index is 13.1. The van der Waals surface area contributed by atoms with Gasteiger partial charge in [0, 0.05) is 50.2 Å². The van der Waals surface area contributed by atoms with Gasteiger partial charge in [-0.1, -0.05) is 18.2 Å². The minimum atomic E-state index is -4.46. The van der Waals surface area contributed by atoms with E-state index in [0.717, 1.165) is 24.3 Å². The molecule has 2 amide bonds. The monoisotopic (exact) mass is 443 g/mol. The molecule has 4 rings (SSSR count). The van der Waals surface area contributed by atoms with Gasteiger partial charge in [-0.3, -0.25) is 14.4 Å². The van der Waals surface area contributed by atoms with E-state index >= 15 is 0 Å². The fourth-order valence-electron chi connectivity index (χ4n) is 3.85. The third-order valence-corrected chi connectivity index (χ3v) is 5.70. The second-order valence-corrected chi connectivity index (χ2v) is 7.63. The average molecular weight is 443 g/mol. The molecule has 0 spiro atoms. The lowest BCUT2D eigenvalue weighted by atomic mass is 10.1. The molecule has 1 aliphatic rings. The van der Waals surface area contributed by atoms with Gasteiger partial charge in [0.15, 0.2) is 0 Å². The summed E-state index contributed by atoms with van der Waals surface area (Å²) < 4.78 is 39.7. The van der Waals surface area contributed by atoms with Gasteiger partial charge >= 0.3 is 6.18 Å². The molecule has 2 aromatic carbocycles. The van der Waals surface area contributed by atoms with E-state index in [2.05, 4.69) is 0 Å². The largest absolute Gasteiger partial charge is 0.416 e. The number of hydrogen-bond acceptors (Lipinski definition) is 3. The van der Waals surface area contributed by atoms with Crippen LogP contribution in [0.5, 0.6) is 0 Å². The van der Waals surface area contributed by atoms with Gasteiger partial charge in [0.1, 0.15) is 0 Å². The number of nitrogens with zero attached hydrogens (tertiary/aromatic N) is 3. The first kappa shape index (κ1) is 21.6. The molecule has 0 bridgehead atoms. The molecular weight excluding hydrogens is 423 g/mol. The van der Waals surface area contributed by atoms with E-state index in [1.165, 1.54) is 15.5 Å². The summed E-state index contributed by atoms with van der Waals surface area (Å²) in [5, 5.41) is 0.669. The van der Waals surface area contributed by atoms with E-state index in [9.17, 15) is 27.6 Å². The number of benzene rings is 2. The fraction of sp³-hybridized carbons (Fsp3) is 0.261. The van der Waals surface area contributed by atoms with Crippen molar-refractivity contribution >= 4 is 22.7 Å². The van der Waals surface area contributed by atoms with Gasteiger partial charge in [0.25, 0.3) is 17.4 Å². The smallest absolute Gasteiger partial charge is 0.335 e. The van der Waals surface area contributed by atoms with Gasteiger partial charge in [0.2, 0.25) is 0 Å². The Morgan fingerprint density at radius 2 is 1.41 bits per heavy atom. The van der Waals surface area contributed by atoms with Crippen molar-refractivity contribution < 1.29 is 22.8 Å². The summed E-state index contributed by atoms with van der Waals surface area (Å²) in [6, 6.07) is 12.6. The summed E-state index contributed by atoms with van der Waals surface area (Å²) in [7, 11) is 1.64. The molecule has 166 valence electrons. The van der Waals surface area contributed by atoms with Crippen LogP contribution in [0.25, 0.3) is 10.9 Å². The van der Waals surface area contributed by atoms with Gasteiger partial charge < -0.3 is 14.4 Å². The minimum Gasteiger partial charge on any atom is -0.335 e. The van der Waals surface area contributed by atoms with Crippen LogP contribution < -0.4 is 5.56 Å². The van der Waals surface area contributed by atoms with Crippen LogP contribution in [0.3, 0.4) is 0 Å². The quantitative estimate of drug-likeness (QED) is 0.611. The summed E-state index contributed by atoms with van der Waals surface area (Å²) in [6.45, 7) is 1.01. The Morgan fingerprint density at radius 3 is 2.00 bits per heavy atom. The van der Waals surface area contributed by atoms with Crippen LogP contribution in [-0.2, 0) is 13.2 Å². The topological polar surface area (TPSA) is 62.6 Å². The van der Waals surface area contributed by atoms with Crippen molar-refractivity contribution in [2.45, 2.75) is 6.18 Å². The number of hydrogen-bond donors (Lipinski definition) is 0. The number of para-hydroxylation sites is 1. The predicted octanol–water partition coefficient (Wildman–Crippen LogP) is 3.16. The Morgan fingerprint density at radius 1 is 0.844 bits per heavy atom. The molecule has 6 nitrogen and oxygen atoms in total. The highest BCUT2D eigenvalue weighted by molar-refractivity contribution is 6.06. The molecule has 1 aliphatic heterocycles. The molecule has 3 aromatic rings. The molecule has 1 fully saturated rings. The molecular formula is C23H20F3N3O3. The number of aromatic nitrogens is 1. The first-order valence-electron chi connectivity index (χ1n) is 10.0. The number of fused-ring (bicyclic) bond motifs is 1. The van der Waals surface area contributed by atoms with E-state index < -0.39 is 11.7 Å². The molecule has 2 heterocycles. The van der Waals surface area contributed by atoms with Crippen molar-refractivity contribution in [1.29, 1.82) is 0 Å². The lowest BCUT2D eigenvalue weighted by Gasteiger charge is -2.35. The molecule has 0 aliphatic carbocycles. The normalized spacial score (nSPS) is 14.6. The summed E-state index contributed by atoms with van der Waals surface area (Å²) in [5.41, 5.74) is 0.0230. The molecule has 32 heavy (non-hydrogen) atoms. The molecule has 9 heteroatoms. The van der Waals surface area contributed by atoms with Crippen molar-refractivity contribution in [1.82, 2.24) is 14.4 Å². The zero-order valence-corrected chi connectivity index (χ0v) is 17.2. The van der Waals surface area contributed by atoms with Crippen LogP contribution in [0, 0.1) is 0 Å². The van der Waals surface area contributed by atoms with E-state index in [-0.39, 0.29) is 49.1 Å². The summed E-state index contributed by atoms with van der Waals surface area (Å²) in [5.74, 6) is -0.676. The van der Waals surface area contributed by atoms with E-state index in [1.54, 1.807) is 36.2 Å². The molecule has 0 radical (unpaired) electrons. The standard InChI is InChI=1S/C23H20F3N3O3/c1-27-19-5-3-2-4-17(19)18(14-20(27)30)22(32)29-12-10-28(11-13-29)21(31)15-6-8-16(9-7-15)23(24,25)26/h2-9,14H,10-13H2,1H3. The van der Waals surface area contributed by atoms with Crippen LogP contribution >= 0.6 is 0 Å². The van der Waals surface area contributed by atoms with Gasteiger partial charge in [-0.05, 0) is 30.3 Å². The SMILES string of the molecule is Cn1c(=O)cc(C(=O)N2CCN(C(=O)c3ccc(C(F)(F)F)cc3)CC2)c2ccccc21. The van der Waals surface area contributed by atoms with Crippen LogP contribution in [0.4, 0.5) is 13.2 Å². The molecule has 0 saturated carbocycles. The molecule has 0 N–H and O–H groups in total. The van der Waals surface area contributed by atoms with E-state index in [4.69, 9.17) is 0 Å². The molecule has 1 saturated heterocycles. The van der Waals surface area contributed by atoms with Gasteiger partial charge in [0.05, 0.1) is 16.6 Å². The lowest BCUT2D eigenvalue weighted by Crippen LogP contribution is -2.50. The number of piperazine rings is 1. The highest BCUT2D eigenvalue weighted by Gasteiger charge is 2.31. The molecule has 0 unspecified atom stereocenters. The van der Waals surface area contributed by atoms with Crippen LogP contribution in [0.2, 0.25) is 0 Å². The van der Waals surface area contributed by atoms with Gasteiger partial charge in [-0.15, -0.1) is 0 Å². The Hall–Kier alpha value is -3.62. The lowest BCUT2D eigenvalue weighted by molar-refractivity contribution is -0.137. The number of alkyl halides is 3. The van der Waals surface area contributed by atoms with E-state index in [1.807, 2.05) is 0 Å². The third kappa shape index (κ3) is 3.98. The third-order valence-electron chi connectivity index (χ3n) is 5.70. The Balaban J connectivity index is 1.48. The predicted molar refractivity (Wildman–Crippen MR) is 112 cm³/mol. The van der Waals surface area contributed by atoms with Crippen LogP contribution in [0.1, 0.15) is 26.3 Å². The number of pyridine rings is 1. The van der Waals surface area contributed by atoms with E-state index in [0.29, 0.717) is 16.5 Å². The fourth-order valence-corrected chi connectivity index (χ4v) is 3.85. The van der Waals surface area contributed by atoms with Crippen LogP contribution in [0.15, 0.2) is 59.4 Å². The summed E-state index contributed by atoms with van der Waals surface area (Å²) in [6.07, 6.45) is -4.46. The maximum atomic E-state index is 13.1. The number of amides is 2. The Kier molecular flexibility index (Phi) is 5.50. The summed E-state index contributed by atoms with van der Waals surface area (Å²) >= 11 is 0. The number of rotatable bonds is 2. The highest BCUT2D eigenvalue weighted by atomic mass is 19.4. The van der Waals surface area contributed by atoms with Crippen molar-refractivity contribution in [3.05, 3.63) is 81.6 Å². The van der Waals surface area contributed by atoms with Crippen molar-refractivity contribution in [3.8, 4) is 0 Å². The summed E-state index contributed by atoms with van der Waals surface area (Å²) in [4.78, 5) is 41.2. The number of aryl methyl sites for hydroxylation is 1. The second-order valence-electron chi connectivity index (χ2n) is 7.63. The highest BCUT2D eigenvalue weighted by Crippen LogP contribution is 2.29. The second kappa shape index (κ2) is 8.14. The number of carbonyl (C=O) groups excluding carboxylic acids is 2. The zero-order valence-electron chi connectivity index (χ0n) is 17.2. The maximum Gasteiger partial charge on any atom is 0.416 e. The number of carbonyl (C=O) groups is 2. The zero-order chi connectivity index (χ0) is 23.0. The first-order valence-corrected chi connectivity index (χ1v) is 10.0. The van der Waals surface area contributed by atoms with Crippen molar-refractivity contribution in [2.75, 3.05) is 26.2 Å². The number of halogens is 3. The first-order chi connectivity index (χ1) is 15.2. The van der Waals surface area contributed by atoms with Crippen molar-refractivity contribution in [3.63, 3.8) is 0 Å². The Bertz CT molecular complexity index is 1240.